The molecular formula is C16H21N3O3. The number of rotatable bonds is 6. The van der Waals surface area contributed by atoms with E-state index in [-0.39, 0.29) is 24.8 Å². The molecule has 6 nitrogen and oxygen atoms in total. The Labute approximate surface area is 130 Å². The zero-order chi connectivity index (χ0) is 15.8. The minimum atomic E-state index is -0.350. The van der Waals surface area contributed by atoms with E-state index in [1.807, 2.05) is 23.1 Å². The molecule has 1 heterocycles. The first-order chi connectivity index (χ1) is 10.6. The number of amides is 2. The Morgan fingerprint density at radius 2 is 1.91 bits per heavy atom. The lowest BCUT2D eigenvalue weighted by atomic mass is 10.3. The molecule has 1 aromatic rings. The highest BCUT2D eigenvalue weighted by Gasteiger charge is 2.18. The number of para-hydroxylation sites is 1. The van der Waals surface area contributed by atoms with Gasteiger partial charge >= 0.3 is 0 Å². The summed E-state index contributed by atoms with van der Waals surface area (Å²) in [4.78, 5) is 25.4. The Hall–Kier alpha value is -2.37. The van der Waals surface area contributed by atoms with Gasteiger partial charge in [-0.3, -0.25) is 9.59 Å². The van der Waals surface area contributed by atoms with Crippen molar-refractivity contribution in [2.45, 2.75) is 26.2 Å². The maximum atomic E-state index is 11.9. The molecule has 2 rings (SSSR count). The van der Waals surface area contributed by atoms with Gasteiger partial charge in [0.25, 0.3) is 5.91 Å². The number of carbonyl (C=O) groups is 2. The van der Waals surface area contributed by atoms with E-state index in [9.17, 15) is 9.59 Å². The van der Waals surface area contributed by atoms with Gasteiger partial charge in [0.15, 0.2) is 6.61 Å². The molecule has 1 aromatic carbocycles. The van der Waals surface area contributed by atoms with Crippen LogP contribution >= 0.6 is 0 Å². The van der Waals surface area contributed by atoms with E-state index >= 15 is 0 Å². The quantitative estimate of drug-likeness (QED) is 0.640. The molecule has 1 saturated heterocycles. The van der Waals surface area contributed by atoms with Crippen LogP contribution in [0.25, 0.3) is 0 Å². The van der Waals surface area contributed by atoms with Crippen LogP contribution in [-0.2, 0) is 9.59 Å². The molecule has 0 saturated carbocycles. The van der Waals surface area contributed by atoms with E-state index < -0.39 is 0 Å². The number of carbonyl (C=O) groups excluding carboxylic acids is 2. The van der Waals surface area contributed by atoms with Crippen LogP contribution in [0.4, 0.5) is 0 Å². The number of hydrogen-bond acceptors (Lipinski definition) is 4. The molecule has 2 amide bonds. The molecule has 0 spiro atoms. The van der Waals surface area contributed by atoms with Crippen LogP contribution in [0.15, 0.2) is 35.4 Å². The van der Waals surface area contributed by atoms with Crippen LogP contribution in [0.2, 0.25) is 0 Å². The number of hydrazone groups is 1. The zero-order valence-corrected chi connectivity index (χ0v) is 12.7. The fourth-order valence-electron chi connectivity index (χ4n) is 2.19. The number of nitrogens with zero attached hydrogens (tertiary/aromatic N) is 2. The molecule has 0 radical (unpaired) electrons. The molecule has 0 bridgehead atoms. The molecule has 22 heavy (non-hydrogen) atoms. The van der Waals surface area contributed by atoms with Crippen molar-refractivity contribution in [3.05, 3.63) is 30.3 Å². The van der Waals surface area contributed by atoms with Gasteiger partial charge in [-0.2, -0.15) is 5.10 Å². The summed E-state index contributed by atoms with van der Waals surface area (Å²) in [7, 11) is 0. The van der Waals surface area contributed by atoms with Crippen LogP contribution in [0.5, 0.6) is 5.75 Å². The third-order valence-corrected chi connectivity index (χ3v) is 3.35. The van der Waals surface area contributed by atoms with Gasteiger partial charge in [-0.05, 0) is 31.9 Å². The fraction of sp³-hybridized carbons (Fsp3) is 0.438. The van der Waals surface area contributed by atoms with Crippen molar-refractivity contribution in [2.75, 3.05) is 19.7 Å². The van der Waals surface area contributed by atoms with Crippen LogP contribution in [0.1, 0.15) is 26.2 Å². The summed E-state index contributed by atoms with van der Waals surface area (Å²) in [5.74, 6) is 0.341. The lowest BCUT2D eigenvalue weighted by Gasteiger charge is -2.14. The molecule has 1 aliphatic rings. The highest BCUT2D eigenvalue weighted by atomic mass is 16.5. The van der Waals surface area contributed by atoms with E-state index in [2.05, 4.69) is 10.5 Å². The first-order valence-corrected chi connectivity index (χ1v) is 7.43. The van der Waals surface area contributed by atoms with Crippen LogP contribution < -0.4 is 10.2 Å². The maximum absolute atomic E-state index is 11.9. The van der Waals surface area contributed by atoms with Crippen molar-refractivity contribution in [2.24, 2.45) is 5.10 Å². The second-order valence-corrected chi connectivity index (χ2v) is 5.25. The minimum absolute atomic E-state index is 0.0635. The monoisotopic (exact) mass is 303 g/mol. The van der Waals surface area contributed by atoms with Crippen LogP contribution in [0, 0.1) is 0 Å². The first kappa shape index (κ1) is 16.0. The van der Waals surface area contributed by atoms with Crippen molar-refractivity contribution < 1.29 is 14.3 Å². The molecule has 0 unspecified atom stereocenters. The van der Waals surface area contributed by atoms with Crippen molar-refractivity contribution in [1.82, 2.24) is 10.3 Å². The Morgan fingerprint density at radius 3 is 2.59 bits per heavy atom. The predicted octanol–water partition coefficient (Wildman–Crippen LogP) is 1.57. The number of nitrogens with one attached hydrogen (secondary N) is 1. The largest absolute Gasteiger partial charge is 0.484 e. The molecule has 1 N–H and O–H groups in total. The fourth-order valence-corrected chi connectivity index (χ4v) is 2.19. The highest BCUT2D eigenvalue weighted by Crippen LogP contribution is 2.09. The molecule has 0 atom stereocenters. The van der Waals surface area contributed by atoms with E-state index in [1.54, 1.807) is 19.1 Å². The summed E-state index contributed by atoms with van der Waals surface area (Å²) in [5.41, 5.74) is 2.99. The van der Waals surface area contributed by atoms with E-state index in [4.69, 9.17) is 4.74 Å². The van der Waals surface area contributed by atoms with Crippen molar-refractivity contribution in [1.29, 1.82) is 0 Å². The average molecular weight is 303 g/mol. The summed E-state index contributed by atoms with van der Waals surface area (Å²) >= 11 is 0. The number of hydrogen-bond donors (Lipinski definition) is 1. The standard InChI is InChI=1S/C16H21N3O3/c1-13(11-16(21)19-9-5-6-10-19)17-18-15(20)12-22-14-7-3-2-4-8-14/h2-4,7-8H,5-6,9-12H2,1H3,(H,18,20)/b17-13+. The van der Waals surface area contributed by atoms with Crippen molar-refractivity contribution in [3.8, 4) is 5.75 Å². The normalized spacial score (nSPS) is 14.8. The third-order valence-electron chi connectivity index (χ3n) is 3.35. The van der Waals surface area contributed by atoms with Gasteiger partial charge in [0, 0.05) is 18.8 Å². The number of ether oxygens (including phenoxy) is 1. The predicted molar refractivity (Wildman–Crippen MR) is 83.6 cm³/mol. The van der Waals surface area contributed by atoms with Gasteiger partial charge in [-0.15, -0.1) is 0 Å². The van der Waals surface area contributed by atoms with Gasteiger partial charge in [0.05, 0.1) is 6.42 Å². The van der Waals surface area contributed by atoms with Crippen LogP contribution in [-0.4, -0.2) is 42.1 Å². The van der Waals surface area contributed by atoms with E-state index in [1.165, 1.54) is 0 Å². The van der Waals surface area contributed by atoms with Crippen LogP contribution in [0.3, 0.4) is 0 Å². The van der Waals surface area contributed by atoms with Gasteiger partial charge < -0.3 is 9.64 Å². The summed E-state index contributed by atoms with van der Waals surface area (Å²) in [5, 5.41) is 3.94. The summed E-state index contributed by atoms with van der Waals surface area (Å²) in [6.07, 6.45) is 2.37. The smallest absolute Gasteiger partial charge is 0.277 e. The lowest BCUT2D eigenvalue weighted by Crippen LogP contribution is -2.30. The topological polar surface area (TPSA) is 71.0 Å². The Kier molecular flexibility index (Phi) is 5.94. The van der Waals surface area contributed by atoms with E-state index in [0.717, 1.165) is 25.9 Å². The second kappa shape index (κ2) is 8.17. The van der Waals surface area contributed by atoms with Gasteiger partial charge in [-0.1, -0.05) is 18.2 Å². The summed E-state index contributed by atoms with van der Waals surface area (Å²) in [6, 6.07) is 9.09. The van der Waals surface area contributed by atoms with Crippen molar-refractivity contribution >= 4 is 17.5 Å². The average Bonchev–Trinajstić information content (AvgIpc) is 3.06. The number of likely N-dealkylation sites (tertiary alicyclic amines) is 1. The first-order valence-electron chi connectivity index (χ1n) is 7.43. The molecule has 118 valence electrons. The lowest BCUT2D eigenvalue weighted by molar-refractivity contribution is -0.129. The summed E-state index contributed by atoms with van der Waals surface area (Å²) < 4.78 is 5.31. The SMILES string of the molecule is C/C(CC(=O)N1CCCC1)=N\NC(=O)COc1ccccc1. The molecule has 0 aliphatic carbocycles. The summed E-state index contributed by atoms with van der Waals surface area (Å²) in [6.45, 7) is 3.26. The third kappa shape index (κ3) is 5.20. The number of benzene rings is 1. The van der Waals surface area contributed by atoms with Gasteiger partial charge in [-0.25, -0.2) is 5.43 Å². The molecule has 0 aromatic heterocycles. The zero-order valence-electron chi connectivity index (χ0n) is 12.7. The Bertz CT molecular complexity index is 537. The Balaban J connectivity index is 1.70. The Morgan fingerprint density at radius 1 is 1.23 bits per heavy atom. The van der Waals surface area contributed by atoms with Gasteiger partial charge in [0.2, 0.25) is 5.91 Å². The minimum Gasteiger partial charge on any atom is -0.484 e. The molecule has 6 heteroatoms. The molecular weight excluding hydrogens is 282 g/mol. The molecule has 1 fully saturated rings. The van der Waals surface area contributed by atoms with Gasteiger partial charge in [0.1, 0.15) is 5.75 Å². The molecule has 1 aliphatic heterocycles. The van der Waals surface area contributed by atoms with Crippen molar-refractivity contribution in [3.63, 3.8) is 0 Å². The van der Waals surface area contributed by atoms with E-state index in [0.29, 0.717) is 11.5 Å². The second-order valence-electron chi connectivity index (χ2n) is 5.25. The highest BCUT2D eigenvalue weighted by molar-refractivity contribution is 6.00. The maximum Gasteiger partial charge on any atom is 0.277 e.